The summed E-state index contributed by atoms with van der Waals surface area (Å²) in [5, 5.41) is 10.8. The zero-order valence-corrected chi connectivity index (χ0v) is 18.9. The third kappa shape index (κ3) is 4.20. The van der Waals surface area contributed by atoms with Gasteiger partial charge in [0.05, 0.1) is 16.8 Å². The fourth-order valence-electron chi connectivity index (χ4n) is 3.47. The second-order valence-electron chi connectivity index (χ2n) is 6.81. The molecule has 0 aliphatic heterocycles. The predicted molar refractivity (Wildman–Crippen MR) is 116 cm³/mol. The Kier molecular flexibility index (Phi) is 6.50. The number of ketones is 1. The number of allylic oxidation sites excluding steroid dienone is 2. The largest absolute Gasteiger partial charge is 0.661 e. The molecule has 0 atom stereocenters. The molecule has 153 valence electrons. The first-order valence-electron chi connectivity index (χ1n) is 9.28. The Morgan fingerprint density at radius 1 is 1.00 bits per heavy atom. The van der Waals surface area contributed by atoms with E-state index in [0.29, 0.717) is 0 Å². The van der Waals surface area contributed by atoms with Crippen LogP contribution in [0.2, 0.25) is 0 Å². The number of nitrogens with zero attached hydrogens (tertiary/aromatic N) is 3. The van der Waals surface area contributed by atoms with Crippen LogP contribution in [0.5, 0.6) is 0 Å². The maximum atomic E-state index is 10.0. The van der Waals surface area contributed by atoms with Crippen molar-refractivity contribution in [1.82, 2.24) is 14.5 Å². The van der Waals surface area contributed by atoms with Gasteiger partial charge >= 0.3 is 0 Å². The Labute approximate surface area is 187 Å². The number of pyridine rings is 1. The van der Waals surface area contributed by atoms with Gasteiger partial charge in [-0.2, -0.15) is 6.20 Å². The molecule has 3 heterocycles. The molecular formula is C24H20IrN3O2-. The Hall–Kier alpha value is -3.21. The minimum absolute atomic E-state index is 0. The van der Waals surface area contributed by atoms with Gasteiger partial charge in [0.2, 0.25) is 0 Å². The third-order valence-electron chi connectivity index (χ3n) is 4.57. The summed E-state index contributed by atoms with van der Waals surface area (Å²) < 4.78 is 2.23. The first kappa shape index (κ1) is 21.5. The van der Waals surface area contributed by atoms with Gasteiger partial charge in [0.15, 0.2) is 5.78 Å². The van der Waals surface area contributed by atoms with Crippen LogP contribution in [-0.2, 0) is 24.9 Å². The average molecular weight is 575 g/mol. The van der Waals surface area contributed by atoms with Crippen molar-refractivity contribution in [1.29, 1.82) is 0 Å². The van der Waals surface area contributed by atoms with E-state index in [2.05, 4.69) is 63.1 Å². The monoisotopic (exact) mass is 575 g/mol. The van der Waals surface area contributed by atoms with E-state index in [1.165, 1.54) is 30.7 Å². The number of carbonyl (C=O) groups is 1. The van der Waals surface area contributed by atoms with E-state index >= 15 is 0 Å². The molecule has 5 nitrogen and oxygen atoms in total. The number of fused-ring (bicyclic) bond motifs is 4. The quantitative estimate of drug-likeness (QED) is 0.229. The van der Waals surface area contributed by atoms with Crippen LogP contribution in [0.4, 0.5) is 0 Å². The molecule has 2 aromatic carbocycles. The number of aliphatic hydroxyl groups excluding tert-OH is 1. The molecule has 0 fully saturated rings. The molecule has 3 aromatic heterocycles. The molecule has 5 rings (SSSR count). The summed E-state index contributed by atoms with van der Waals surface area (Å²) in [7, 11) is 0. The van der Waals surface area contributed by atoms with Gasteiger partial charge in [-0.1, -0.05) is 41.9 Å². The van der Waals surface area contributed by atoms with Gasteiger partial charge in [0, 0.05) is 43.6 Å². The normalized spacial score (nSPS) is 11.2. The summed E-state index contributed by atoms with van der Waals surface area (Å²) in [4.78, 5) is 19.0. The van der Waals surface area contributed by atoms with Crippen LogP contribution < -0.4 is 4.98 Å². The van der Waals surface area contributed by atoms with Crippen molar-refractivity contribution in [2.24, 2.45) is 0 Å². The van der Waals surface area contributed by atoms with E-state index in [9.17, 15) is 4.79 Å². The summed E-state index contributed by atoms with van der Waals surface area (Å²) in [6.45, 7) is 2.85. The molecule has 6 heteroatoms. The van der Waals surface area contributed by atoms with Crippen molar-refractivity contribution in [3.05, 3.63) is 84.9 Å². The van der Waals surface area contributed by atoms with Crippen molar-refractivity contribution in [3.63, 3.8) is 0 Å². The maximum Gasteiger partial charge on any atom is 0.155 e. The van der Waals surface area contributed by atoms with Gasteiger partial charge in [-0.3, -0.25) is 9.78 Å². The van der Waals surface area contributed by atoms with Gasteiger partial charge in [-0.25, -0.2) is 0 Å². The molecule has 0 unspecified atom stereocenters. The van der Waals surface area contributed by atoms with Gasteiger partial charge in [0.1, 0.15) is 0 Å². The molecule has 5 aromatic rings. The smallest absolute Gasteiger partial charge is 0.155 e. The van der Waals surface area contributed by atoms with Crippen LogP contribution >= 0.6 is 0 Å². The van der Waals surface area contributed by atoms with E-state index in [0.717, 1.165) is 27.8 Å². The molecule has 1 N–H and O–H groups in total. The van der Waals surface area contributed by atoms with Gasteiger partial charge in [0.25, 0.3) is 0 Å². The van der Waals surface area contributed by atoms with Crippen molar-refractivity contribution in [2.45, 2.75) is 13.8 Å². The van der Waals surface area contributed by atoms with E-state index in [1.807, 2.05) is 24.5 Å². The van der Waals surface area contributed by atoms with Crippen LogP contribution in [0.15, 0.2) is 84.9 Å². The number of aromatic nitrogens is 3. The fraction of sp³-hybridized carbons (Fsp3) is 0.0833. The Morgan fingerprint density at radius 2 is 1.77 bits per heavy atom. The second kappa shape index (κ2) is 9.07. The summed E-state index contributed by atoms with van der Waals surface area (Å²) >= 11 is 0. The molecule has 0 saturated carbocycles. The molecular weight excluding hydrogens is 555 g/mol. The van der Waals surface area contributed by atoms with Crippen molar-refractivity contribution < 1.29 is 30.0 Å². The van der Waals surface area contributed by atoms with Crippen LogP contribution in [0, 0.1) is 0 Å². The first-order chi connectivity index (χ1) is 14.0. The van der Waals surface area contributed by atoms with Crippen LogP contribution in [0.1, 0.15) is 13.8 Å². The standard InChI is InChI=1S/C19H12N3.C5H8O2.Ir/c1-2-5-14-12-15(8-7-13(14)4-1)22-16-6-3-10-20-18(16)19-17(22)9-11-21-19;1-4(6)3-5(2)7;/h1-12H;3,6H,1-2H3;/q-1;;/b;4-3-;. The van der Waals surface area contributed by atoms with Gasteiger partial charge < -0.3 is 14.7 Å². The average Bonchev–Trinajstić information content (AvgIpc) is 3.28. The van der Waals surface area contributed by atoms with Crippen molar-refractivity contribution in [3.8, 4) is 5.69 Å². The Balaban J connectivity index is 0.000000281. The van der Waals surface area contributed by atoms with Gasteiger partial charge in [-0.15, -0.1) is 0 Å². The Morgan fingerprint density at radius 3 is 2.47 bits per heavy atom. The summed E-state index contributed by atoms with van der Waals surface area (Å²) in [6.07, 6.45) is 4.83. The van der Waals surface area contributed by atoms with E-state index < -0.39 is 0 Å². The Bertz CT molecular complexity index is 1360. The number of rotatable bonds is 2. The third-order valence-corrected chi connectivity index (χ3v) is 4.57. The fourth-order valence-corrected chi connectivity index (χ4v) is 3.47. The van der Waals surface area contributed by atoms with E-state index in [1.54, 1.807) is 0 Å². The van der Waals surface area contributed by atoms with Crippen molar-refractivity contribution in [2.75, 3.05) is 0 Å². The second-order valence-corrected chi connectivity index (χ2v) is 6.81. The molecule has 0 bridgehead atoms. The minimum Gasteiger partial charge on any atom is -0.661 e. The molecule has 0 aliphatic carbocycles. The zero-order chi connectivity index (χ0) is 20.4. The molecule has 1 radical (unpaired) electrons. The topological polar surface area (TPSA) is 69.2 Å². The number of benzene rings is 2. The van der Waals surface area contributed by atoms with E-state index in [4.69, 9.17) is 5.11 Å². The predicted octanol–water partition coefficient (Wildman–Crippen LogP) is 5.32. The van der Waals surface area contributed by atoms with Gasteiger partial charge in [-0.05, 0) is 48.9 Å². The summed E-state index contributed by atoms with van der Waals surface area (Å²) in [6, 6.07) is 21.1. The number of hydrogen-bond acceptors (Lipinski definition) is 3. The number of aliphatic hydroxyl groups is 1. The number of hydrogen-bond donors (Lipinski definition) is 1. The molecule has 0 saturated heterocycles. The molecule has 0 amide bonds. The summed E-state index contributed by atoms with van der Waals surface area (Å²) in [5.41, 5.74) is 5.25. The van der Waals surface area contributed by atoms with E-state index in [-0.39, 0.29) is 31.6 Å². The van der Waals surface area contributed by atoms with Crippen molar-refractivity contribution >= 4 is 38.6 Å². The summed E-state index contributed by atoms with van der Waals surface area (Å²) in [5.74, 6) is -0.0625. The van der Waals surface area contributed by atoms with Crippen LogP contribution in [-0.4, -0.2) is 20.4 Å². The van der Waals surface area contributed by atoms with Crippen LogP contribution in [0.3, 0.4) is 0 Å². The molecule has 30 heavy (non-hydrogen) atoms. The van der Waals surface area contributed by atoms with Crippen LogP contribution in [0.25, 0.3) is 38.5 Å². The first-order valence-corrected chi connectivity index (χ1v) is 9.28. The molecule has 0 aliphatic rings. The SMILES string of the molecule is CC(=O)/C=C(/C)O.[Ir].c1ccc2cc(-n3c4cccnc4c4[n-]ccc43)ccc2c1. The maximum absolute atomic E-state index is 10.0. The minimum atomic E-state index is -0.125. The molecule has 0 spiro atoms. The number of carbonyl (C=O) groups excluding carboxylic acids is 1. The zero-order valence-electron chi connectivity index (χ0n) is 16.5.